The van der Waals surface area contributed by atoms with Crippen LogP contribution in [0.2, 0.25) is 0 Å². The summed E-state index contributed by atoms with van der Waals surface area (Å²) in [6.45, 7) is 2.89. The van der Waals surface area contributed by atoms with Gasteiger partial charge in [-0.3, -0.25) is 0 Å². The highest BCUT2D eigenvalue weighted by Crippen LogP contribution is 2.36. The lowest BCUT2D eigenvalue weighted by atomic mass is 9.93. The van der Waals surface area contributed by atoms with E-state index in [1.165, 1.54) is 38.2 Å². The Bertz CT molecular complexity index is 1010. The van der Waals surface area contributed by atoms with Crippen molar-refractivity contribution in [2.24, 2.45) is 0 Å². The van der Waals surface area contributed by atoms with Gasteiger partial charge in [0.05, 0.1) is 18.2 Å². The first-order valence-electron chi connectivity index (χ1n) is 10.7. The molecule has 154 valence electrons. The summed E-state index contributed by atoms with van der Waals surface area (Å²) < 4.78 is 20.8. The fourth-order valence-electron chi connectivity index (χ4n) is 3.63. The minimum absolute atomic E-state index is 0.289. The minimum Gasteiger partial charge on any atom is -0.494 e. The Hall–Kier alpha value is -3.12. The van der Waals surface area contributed by atoms with E-state index in [0.717, 1.165) is 28.9 Å². The Morgan fingerprint density at radius 2 is 1.57 bits per heavy atom. The van der Waals surface area contributed by atoms with Crippen LogP contribution in [-0.4, -0.2) is 6.61 Å². The molecule has 0 bridgehead atoms. The quantitative estimate of drug-likeness (QED) is 0.325. The molecule has 30 heavy (non-hydrogen) atoms. The number of benzene rings is 3. The maximum Gasteiger partial charge on any atom is 0.131 e. The van der Waals surface area contributed by atoms with Crippen LogP contribution in [0.3, 0.4) is 0 Å². The predicted octanol–water partition coefficient (Wildman–Crippen LogP) is 7.77. The van der Waals surface area contributed by atoms with Crippen LogP contribution >= 0.6 is 0 Å². The highest BCUT2D eigenvalue weighted by Gasteiger charge is 2.13. The number of hydrogen-bond donors (Lipinski definition) is 0. The third kappa shape index (κ3) is 5.70. The van der Waals surface area contributed by atoms with Gasteiger partial charge in [0.15, 0.2) is 0 Å². The Morgan fingerprint density at radius 1 is 0.833 bits per heavy atom. The Kier molecular flexibility index (Phi) is 8.03. The van der Waals surface area contributed by atoms with Gasteiger partial charge >= 0.3 is 0 Å². The molecule has 3 heteroatoms. The Balaban J connectivity index is 1.78. The van der Waals surface area contributed by atoms with Crippen molar-refractivity contribution in [2.75, 3.05) is 6.61 Å². The van der Waals surface area contributed by atoms with Crippen molar-refractivity contribution in [3.63, 3.8) is 0 Å². The van der Waals surface area contributed by atoms with Gasteiger partial charge in [-0.25, -0.2) is 4.39 Å². The standard InChI is InChI=1S/C27H28FNO/c1-2-3-4-5-6-7-17-30-24-14-9-13-23(19-24)27-25(15-10-16-26(27)28)22-12-8-11-21(18-22)20-29/h8-16,18-19H,2-7,17H2,1H3. The molecule has 0 radical (unpaired) electrons. The van der Waals surface area contributed by atoms with Gasteiger partial charge in [0.2, 0.25) is 0 Å². The van der Waals surface area contributed by atoms with Gasteiger partial charge in [-0.15, -0.1) is 0 Å². The smallest absolute Gasteiger partial charge is 0.131 e. The zero-order valence-corrected chi connectivity index (χ0v) is 17.5. The lowest BCUT2D eigenvalue weighted by Crippen LogP contribution is -1.98. The number of ether oxygens (including phenoxy) is 1. The predicted molar refractivity (Wildman–Crippen MR) is 121 cm³/mol. The summed E-state index contributed by atoms with van der Waals surface area (Å²) >= 11 is 0. The van der Waals surface area contributed by atoms with E-state index in [-0.39, 0.29) is 5.82 Å². The fraction of sp³-hybridized carbons (Fsp3) is 0.296. The van der Waals surface area contributed by atoms with Crippen molar-refractivity contribution in [3.8, 4) is 34.1 Å². The summed E-state index contributed by atoms with van der Waals surface area (Å²) in [6.07, 6.45) is 7.28. The molecule has 0 amide bonds. The van der Waals surface area contributed by atoms with Crippen LogP contribution in [-0.2, 0) is 0 Å². The highest BCUT2D eigenvalue weighted by atomic mass is 19.1. The molecule has 3 aromatic carbocycles. The topological polar surface area (TPSA) is 33.0 Å². The maximum absolute atomic E-state index is 14.9. The van der Waals surface area contributed by atoms with Crippen molar-refractivity contribution in [2.45, 2.75) is 45.4 Å². The van der Waals surface area contributed by atoms with Crippen LogP contribution in [0.15, 0.2) is 66.7 Å². The number of rotatable bonds is 10. The SMILES string of the molecule is CCCCCCCCOc1cccc(-c2c(F)cccc2-c2cccc(C#N)c2)c1. The van der Waals surface area contributed by atoms with Gasteiger partial charge in [0, 0.05) is 5.56 Å². The second-order valence-electron chi connectivity index (χ2n) is 7.50. The van der Waals surface area contributed by atoms with Crippen molar-refractivity contribution in [1.82, 2.24) is 0 Å². The fourth-order valence-corrected chi connectivity index (χ4v) is 3.63. The molecule has 0 unspecified atom stereocenters. The van der Waals surface area contributed by atoms with Gasteiger partial charge in [-0.2, -0.15) is 5.26 Å². The molecule has 0 spiro atoms. The minimum atomic E-state index is -0.289. The van der Waals surface area contributed by atoms with E-state index in [1.807, 2.05) is 42.5 Å². The van der Waals surface area contributed by atoms with Crippen LogP contribution in [0.5, 0.6) is 5.75 Å². The molecule has 0 aliphatic heterocycles. The van der Waals surface area contributed by atoms with Gasteiger partial charge < -0.3 is 4.74 Å². The molecule has 0 aromatic heterocycles. The van der Waals surface area contributed by atoms with E-state index in [0.29, 0.717) is 17.7 Å². The van der Waals surface area contributed by atoms with Crippen LogP contribution in [0.4, 0.5) is 4.39 Å². The van der Waals surface area contributed by atoms with Crippen molar-refractivity contribution in [1.29, 1.82) is 5.26 Å². The molecule has 3 aromatic rings. The zero-order valence-electron chi connectivity index (χ0n) is 17.5. The normalized spacial score (nSPS) is 10.6. The maximum atomic E-state index is 14.9. The second kappa shape index (κ2) is 11.2. The van der Waals surface area contributed by atoms with E-state index in [9.17, 15) is 9.65 Å². The Labute approximate surface area is 179 Å². The van der Waals surface area contributed by atoms with E-state index >= 15 is 0 Å². The molecule has 0 heterocycles. The molecule has 0 fully saturated rings. The van der Waals surface area contributed by atoms with Gasteiger partial charge in [-0.05, 0) is 53.4 Å². The van der Waals surface area contributed by atoms with Gasteiger partial charge in [0.1, 0.15) is 11.6 Å². The van der Waals surface area contributed by atoms with Crippen LogP contribution in [0.1, 0.15) is 51.0 Å². The summed E-state index contributed by atoms with van der Waals surface area (Å²) in [5.74, 6) is 0.462. The molecule has 0 saturated heterocycles. The largest absolute Gasteiger partial charge is 0.494 e. The van der Waals surface area contributed by atoms with Crippen LogP contribution < -0.4 is 4.74 Å². The monoisotopic (exact) mass is 401 g/mol. The van der Waals surface area contributed by atoms with Gasteiger partial charge in [-0.1, -0.05) is 75.4 Å². The van der Waals surface area contributed by atoms with Crippen LogP contribution in [0, 0.1) is 17.1 Å². The second-order valence-corrected chi connectivity index (χ2v) is 7.50. The lowest BCUT2D eigenvalue weighted by Gasteiger charge is -2.13. The van der Waals surface area contributed by atoms with E-state index in [2.05, 4.69) is 13.0 Å². The number of nitrogens with zero attached hydrogens (tertiary/aromatic N) is 1. The number of nitriles is 1. The summed E-state index contributed by atoms with van der Waals surface area (Å²) in [7, 11) is 0. The molecular formula is C27H28FNO. The third-order valence-corrected chi connectivity index (χ3v) is 5.21. The summed E-state index contributed by atoms with van der Waals surface area (Å²) in [6, 6.07) is 22.1. The molecule has 0 aliphatic carbocycles. The molecule has 2 nitrogen and oxygen atoms in total. The first-order valence-corrected chi connectivity index (χ1v) is 10.7. The van der Waals surface area contributed by atoms with Crippen molar-refractivity contribution < 1.29 is 9.13 Å². The molecular weight excluding hydrogens is 373 g/mol. The Morgan fingerprint density at radius 3 is 2.40 bits per heavy atom. The average molecular weight is 402 g/mol. The lowest BCUT2D eigenvalue weighted by molar-refractivity contribution is 0.304. The number of hydrogen-bond acceptors (Lipinski definition) is 2. The third-order valence-electron chi connectivity index (χ3n) is 5.21. The van der Waals surface area contributed by atoms with Crippen molar-refractivity contribution >= 4 is 0 Å². The first kappa shape index (κ1) is 21.6. The number of halogens is 1. The van der Waals surface area contributed by atoms with Gasteiger partial charge in [0.25, 0.3) is 0 Å². The molecule has 0 saturated carbocycles. The molecule has 0 aliphatic rings. The highest BCUT2D eigenvalue weighted by molar-refractivity contribution is 5.84. The molecule has 0 N–H and O–H groups in total. The average Bonchev–Trinajstić information content (AvgIpc) is 2.78. The van der Waals surface area contributed by atoms with E-state index in [4.69, 9.17) is 4.74 Å². The molecule has 3 rings (SSSR count). The summed E-state index contributed by atoms with van der Waals surface area (Å²) in [5, 5.41) is 9.21. The molecule has 0 atom stereocenters. The number of unbranched alkanes of at least 4 members (excludes halogenated alkanes) is 5. The first-order chi connectivity index (χ1) is 14.7. The van der Waals surface area contributed by atoms with E-state index in [1.54, 1.807) is 18.2 Å². The van der Waals surface area contributed by atoms with Crippen molar-refractivity contribution in [3.05, 3.63) is 78.1 Å². The summed E-state index contributed by atoms with van der Waals surface area (Å²) in [5.41, 5.74) is 3.43. The summed E-state index contributed by atoms with van der Waals surface area (Å²) in [4.78, 5) is 0. The van der Waals surface area contributed by atoms with E-state index < -0.39 is 0 Å². The zero-order chi connectivity index (χ0) is 21.2. The van der Waals surface area contributed by atoms with Crippen LogP contribution in [0.25, 0.3) is 22.3 Å².